The molecule has 0 fully saturated rings. The molecule has 1 unspecified atom stereocenters. The van der Waals surface area contributed by atoms with Gasteiger partial charge >= 0.3 is 0 Å². The highest BCUT2D eigenvalue weighted by atomic mass is 16.5. The molecule has 5 heteroatoms. The molecule has 1 aromatic carbocycles. The summed E-state index contributed by atoms with van der Waals surface area (Å²) in [6.45, 7) is 2.19. The van der Waals surface area contributed by atoms with E-state index in [-0.39, 0.29) is 18.0 Å². The Balaban J connectivity index is 2.38. The number of ether oxygens (including phenoxy) is 2. The topological polar surface area (TPSA) is 76.0 Å². The van der Waals surface area contributed by atoms with Crippen molar-refractivity contribution < 1.29 is 24.5 Å². The molecule has 0 amide bonds. The Labute approximate surface area is 163 Å². The molecule has 1 rings (SSSR count). The number of carbonyl (C=O) groups excluding carboxylic acids is 1. The fourth-order valence-corrected chi connectivity index (χ4v) is 2.91. The fraction of sp³-hybridized carbons (Fsp3) is 0.591. The van der Waals surface area contributed by atoms with Gasteiger partial charge in [0.2, 0.25) is 5.75 Å². The maximum absolute atomic E-state index is 11.9. The molecule has 0 aliphatic rings. The quantitative estimate of drug-likeness (QED) is 0.366. The summed E-state index contributed by atoms with van der Waals surface area (Å²) in [5, 5.41) is 20.0. The SMILES string of the molecule is CCCCCCCC=CC(=O)CC(O)CCc1cc(OC)c(O)c(OC)c1. The van der Waals surface area contributed by atoms with Crippen LogP contribution in [0.15, 0.2) is 24.3 Å². The van der Waals surface area contributed by atoms with Gasteiger partial charge < -0.3 is 19.7 Å². The third-order valence-electron chi connectivity index (χ3n) is 4.52. The summed E-state index contributed by atoms with van der Waals surface area (Å²) in [6.07, 6.45) is 10.9. The third-order valence-corrected chi connectivity index (χ3v) is 4.52. The fourth-order valence-electron chi connectivity index (χ4n) is 2.91. The minimum Gasteiger partial charge on any atom is -0.502 e. The average Bonchev–Trinajstić information content (AvgIpc) is 2.66. The highest BCUT2D eigenvalue weighted by molar-refractivity contribution is 5.89. The Morgan fingerprint density at radius 1 is 1.11 bits per heavy atom. The molecule has 0 spiro atoms. The zero-order chi connectivity index (χ0) is 20.1. The van der Waals surface area contributed by atoms with Crippen LogP contribution in [0, 0.1) is 0 Å². The first kappa shape index (κ1) is 23.0. The first-order valence-corrected chi connectivity index (χ1v) is 9.83. The number of benzene rings is 1. The number of hydrogen-bond donors (Lipinski definition) is 2. The summed E-state index contributed by atoms with van der Waals surface area (Å²) < 4.78 is 10.3. The van der Waals surface area contributed by atoms with Crippen molar-refractivity contribution in [3.8, 4) is 17.2 Å². The molecule has 1 aromatic rings. The monoisotopic (exact) mass is 378 g/mol. The lowest BCUT2D eigenvalue weighted by Crippen LogP contribution is -2.13. The second-order valence-corrected chi connectivity index (χ2v) is 6.82. The molecule has 0 aliphatic heterocycles. The van der Waals surface area contributed by atoms with Gasteiger partial charge in [-0.25, -0.2) is 0 Å². The van der Waals surface area contributed by atoms with Crippen LogP contribution in [0.4, 0.5) is 0 Å². The van der Waals surface area contributed by atoms with E-state index in [0.717, 1.165) is 18.4 Å². The van der Waals surface area contributed by atoms with E-state index < -0.39 is 6.10 Å². The largest absolute Gasteiger partial charge is 0.502 e. The molecule has 0 saturated carbocycles. The lowest BCUT2D eigenvalue weighted by atomic mass is 10.0. The van der Waals surface area contributed by atoms with Gasteiger partial charge in [0.15, 0.2) is 17.3 Å². The van der Waals surface area contributed by atoms with E-state index in [2.05, 4.69) is 6.92 Å². The number of ketones is 1. The van der Waals surface area contributed by atoms with Crippen LogP contribution < -0.4 is 9.47 Å². The summed E-state index contributed by atoms with van der Waals surface area (Å²) in [5.41, 5.74) is 0.871. The zero-order valence-electron chi connectivity index (χ0n) is 16.9. The molecule has 0 heterocycles. The summed E-state index contributed by atoms with van der Waals surface area (Å²) in [4.78, 5) is 11.9. The molecule has 2 N–H and O–H groups in total. The Kier molecular flexibility index (Phi) is 11.3. The number of aliphatic hydroxyl groups excluding tert-OH is 1. The van der Waals surface area contributed by atoms with Gasteiger partial charge in [0, 0.05) is 6.42 Å². The van der Waals surface area contributed by atoms with Crippen molar-refractivity contribution >= 4 is 5.78 Å². The van der Waals surface area contributed by atoms with Crippen molar-refractivity contribution in [2.24, 2.45) is 0 Å². The molecule has 0 aromatic heterocycles. The number of hydrogen-bond acceptors (Lipinski definition) is 5. The van der Waals surface area contributed by atoms with Gasteiger partial charge in [0.25, 0.3) is 0 Å². The average molecular weight is 379 g/mol. The Hall–Kier alpha value is -2.01. The van der Waals surface area contributed by atoms with E-state index >= 15 is 0 Å². The number of phenolic OH excluding ortho intramolecular Hbond substituents is 1. The Morgan fingerprint density at radius 3 is 2.33 bits per heavy atom. The molecule has 27 heavy (non-hydrogen) atoms. The standard InChI is InChI=1S/C22H34O5/c1-4-5-6-7-8-9-10-11-18(23)16-19(24)13-12-17-14-20(26-2)22(25)21(15-17)27-3/h10-11,14-15,19,24-25H,4-9,12-13,16H2,1-3H3. The molecular formula is C22H34O5. The van der Waals surface area contributed by atoms with E-state index in [9.17, 15) is 15.0 Å². The van der Waals surface area contributed by atoms with Crippen molar-refractivity contribution in [3.05, 3.63) is 29.8 Å². The summed E-state index contributed by atoms with van der Waals surface area (Å²) in [7, 11) is 2.95. The smallest absolute Gasteiger partial charge is 0.200 e. The van der Waals surface area contributed by atoms with E-state index in [4.69, 9.17) is 9.47 Å². The van der Waals surface area contributed by atoms with Gasteiger partial charge in [-0.2, -0.15) is 0 Å². The van der Waals surface area contributed by atoms with Crippen LogP contribution in [0.3, 0.4) is 0 Å². The van der Waals surface area contributed by atoms with Crippen molar-refractivity contribution in [1.82, 2.24) is 0 Å². The molecule has 152 valence electrons. The summed E-state index contributed by atoms with van der Waals surface area (Å²) in [5.74, 6) is 0.574. The number of carbonyl (C=O) groups is 1. The van der Waals surface area contributed by atoms with E-state index in [1.54, 1.807) is 18.2 Å². The van der Waals surface area contributed by atoms with Crippen LogP contribution in [0.1, 0.15) is 63.9 Å². The minimum atomic E-state index is -0.697. The zero-order valence-corrected chi connectivity index (χ0v) is 16.9. The van der Waals surface area contributed by atoms with Gasteiger partial charge in [0.1, 0.15) is 0 Å². The molecule has 0 saturated heterocycles. The number of aryl methyl sites for hydroxylation is 1. The maximum atomic E-state index is 11.9. The molecule has 0 aliphatic carbocycles. The van der Waals surface area contributed by atoms with Gasteiger partial charge in [-0.05, 0) is 49.5 Å². The number of aromatic hydroxyl groups is 1. The lowest BCUT2D eigenvalue weighted by molar-refractivity contribution is -0.116. The molecule has 0 bridgehead atoms. The predicted molar refractivity (Wildman–Crippen MR) is 108 cm³/mol. The van der Waals surface area contributed by atoms with Crippen molar-refractivity contribution in [3.63, 3.8) is 0 Å². The van der Waals surface area contributed by atoms with Gasteiger partial charge in [-0.3, -0.25) is 4.79 Å². The number of methoxy groups -OCH3 is 2. The van der Waals surface area contributed by atoms with Crippen molar-refractivity contribution in [2.45, 2.75) is 70.8 Å². The highest BCUT2D eigenvalue weighted by Crippen LogP contribution is 2.37. The van der Waals surface area contributed by atoms with Crippen LogP contribution in [0.25, 0.3) is 0 Å². The van der Waals surface area contributed by atoms with Crippen LogP contribution in [0.5, 0.6) is 17.2 Å². The van der Waals surface area contributed by atoms with E-state index in [1.807, 2.05) is 6.08 Å². The molecule has 1 atom stereocenters. The second kappa shape index (κ2) is 13.2. The van der Waals surface area contributed by atoms with Crippen LogP contribution in [-0.2, 0) is 11.2 Å². The first-order chi connectivity index (χ1) is 13.0. The van der Waals surface area contributed by atoms with E-state index in [0.29, 0.717) is 24.3 Å². The Morgan fingerprint density at radius 2 is 1.74 bits per heavy atom. The highest BCUT2D eigenvalue weighted by Gasteiger charge is 2.13. The minimum absolute atomic E-state index is 0.0423. The molecular weight excluding hydrogens is 344 g/mol. The third kappa shape index (κ3) is 8.96. The number of unbranched alkanes of at least 4 members (excludes halogenated alkanes) is 5. The lowest BCUT2D eigenvalue weighted by Gasteiger charge is -2.13. The van der Waals surface area contributed by atoms with Crippen molar-refractivity contribution in [2.75, 3.05) is 14.2 Å². The van der Waals surface area contributed by atoms with Crippen LogP contribution in [0.2, 0.25) is 0 Å². The number of phenols is 1. The number of aliphatic hydroxyl groups is 1. The molecule has 5 nitrogen and oxygen atoms in total. The van der Waals surface area contributed by atoms with Gasteiger partial charge in [-0.1, -0.05) is 38.7 Å². The number of allylic oxidation sites excluding steroid dienone is 2. The maximum Gasteiger partial charge on any atom is 0.200 e. The molecule has 0 radical (unpaired) electrons. The Bertz CT molecular complexity index is 569. The normalized spacial score (nSPS) is 12.3. The van der Waals surface area contributed by atoms with E-state index in [1.165, 1.54) is 39.9 Å². The predicted octanol–water partition coefficient (Wildman–Crippen LogP) is 4.58. The van der Waals surface area contributed by atoms with Crippen LogP contribution in [-0.4, -0.2) is 36.3 Å². The van der Waals surface area contributed by atoms with Gasteiger partial charge in [0.05, 0.1) is 20.3 Å². The summed E-state index contributed by atoms with van der Waals surface area (Å²) in [6, 6.07) is 3.43. The number of rotatable bonds is 14. The van der Waals surface area contributed by atoms with Crippen LogP contribution >= 0.6 is 0 Å². The second-order valence-electron chi connectivity index (χ2n) is 6.82. The first-order valence-electron chi connectivity index (χ1n) is 9.83. The van der Waals surface area contributed by atoms with Crippen molar-refractivity contribution in [1.29, 1.82) is 0 Å². The summed E-state index contributed by atoms with van der Waals surface area (Å²) >= 11 is 0. The van der Waals surface area contributed by atoms with Gasteiger partial charge in [-0.15, -0.1) is 0 Å².